The van der Waals surface area contributed by atoms with Gasteiger partial charge < -0.3 is 20.5 Å². The molecule has 5 nitrogen and oxygen atoms in total. The van der Waals surface area contributed by atoms with Crippen LogP contribution in [0.2, 0.25) is 0 Å². The van der Waals surface area contributed by atoms with Crippen LogP contribution in [0, 0.1) is 6.92 Å². The van der Waals surface area contributed by atoms with E-state index >= 15 is 0 Å². The average molecular weight is 300 g/mol. The van der Waals surface area contributed by atoms with E-state index in [1.165, 1.54) is 0 Å². The van der Waals surface area contributed by atoms with Crippen molar-refractivity contribution in [1.29, 1.82) is 0 Å². The van der Waals surface area contributed by atoms with Gasteiger partial charge in [-0.15, -0.1) is 0 Å². The monoisotopic (exact) mass is 300 g/mol. The molecule has 0 heterocycles. The smallest absolute Gasteiger partial charge is 0.319 e. The van der Waals surface area contributed by atoms with Crippen LogP contribution in [0.3, 0.4) is 0 Å². The molecule has 1 atom stereocenters. The van der Waals surface area contributed by atoms with E-state index in [9.17, 15) is 9.90 Å². The maximum absolute atomic E-state index is 11.8. The Labute approximate surface area is 129 Å². The highest BCUT2D eigenvalue weighted by Crippen LogP contribution is 2.24. The zero-order chi connectivity index (χ0) is 15.9. The first-order valence-electron chi connectivity index (χ1n) is 7.02. The van der Waals surface area contributed by atoms with Gasteiger partial charge in [0, 0.05) is 17.8 Å². The summed E-state index contributed by atoms with van der Waals surface area (Å²) in [6, 6.07) is 14.3. The van der Waals surface area contributed by atoms with Crippen molar-refractivity contribution >= 4 is 11.7 Å². The number of nitrogens with one attached hydrogen (secondary N) is 2. The predicted octanol–water partition coefficient (Wildman–Crippen LogP) is 2.86. The minimum Gasteiger partial charge on any atom is -0.496 e. The number of benzene rings is 2. The van der Waals surface area contributed by atoms with Crippen molar-refractivity contribution < 1.29 is 14.6 Å². The van der Waals surface area contributed by atoms with Crippen molar-refractivity contribution in [2.75, 3.05) is 19.0 Å². The summed E-state index contributed by atoms with van der Waals surface area (Å²) < 4.78 is 5.19. The summed E-state index contributed by atoms with van der Waals surface area (Å²) in [6.45, 7) is 2.05. The van der Waals surface area contributed by atoms with Crippen LogP contribution in [0.1, 0.15) is 17.2 Å². The number of methoxy groups -OCH3 is 1. The van der Waals surface area contributed by atoms with Crippen molar-refractivity contribution in [3.8, 4) is 5.75 Å². The molecular weight excluding hydrogens is 280 g/mol. The second kappa shape index (κ2) is 7.47. The normalized spacial score (nSPS) is 11.6. The fraction of sp³-hybridized carbons (Fsp3) is 0.235. The summed E-state index contributed by atoms with van der Waals surface area (Å²) >= 11 is 0. The Kier molecular flexibility index (Phi) is 5.38. The van der Waals surface area contributed by atoms with Crippen molar-refractivity contribution in [1.82, 2.24) is 5.32 Å². The largest absolute Gasteiger partial charge is 0.496 e. The van der Waals surface area contributed by atoms with Gasteiger partial charge in [0.05, 0.1) is 13.2 Å². The Morgan fingerprint density at radius 1 is 1.23 bits per heavy atom. The first-order valence-corrected chi connectivity index (χ1v) is 7.02. The lowest BCUT2D eigenvalue weighted by molar-refractivity contribution is 0.171. The van der Waals surface area contributed by atoms with E-state index in [2.05, 4.69) is 10.6 Å². The standard InChI is InChI=1S/C17H20N2O3/c1-12-6-5-7-13(10-12)19-17(21)18-11-15(20)14-8-3-4-9-16(14)22-2/h3-10,15,20H,11H2,1-2H3,(H2,18,19,21)/t15-/m1/s1. The highest BCUT2D eigenvalue weighted by atomic mass is 16.5. The van der Waals surface area contributed by atoms with Crippen molar-refractivity contribution in [2.45, 2.75) is 13.0 Å². The van der Waals surface area contributed by atoms with Crippen LogP contribution in [-0.2, 0) is 0 Å². The molecule has 2 aromatic carbocycles. The van der Waals surface area contributed by atoms with Crippen LogP contribution < -0.4 is 15.4 Å². The Hall–Kier alpha value is -2.53. The molecule has 22 heavy (non-hydrogen) atoms. The molecular formula is C17H20N2O3. The molecule has 116 valence electrons. The Morgan fingerprint density at radius 3 is 2.73 bits per heavy atom. The molecule has 0 aromatic heterocycles. The van der Waals surface area contributed by atoms with Gasteiger partial charge in [-0.2, -0.15) is 0 Å². The SMILES string of the molecule is COc1ccccc1[C@H](O)CNC(=O)Nc1cccc(C)c1. The van der Waals surface area contributed by atoms with E-state index < -0.39 is 6.10 Å². The van der Waals surface area contributed by atoms with Crippen LogP contribution in [0.25, 0.3) is 0 Å². The molecule has 0 aliphatic rings. The summed E-state index contributed by atoms with van der Waals surface area (Å²) in [4.78, 5) is 11.8. The van der Waals surface area contributed by atoms with E-state index in [0.717, 1.165) is 5.56 Å². The van der Waals surface area contributed by atoms with Crippen molar-refractivity contribution in [3.05, 3.63) is 59.7 Å². The number of hydrogen-bond acceptors (Lipinski definition) is 3. The molecule has 3 N–H and O–H groups in total. The van der Waals surface area contributed by atoms with Crippen molar-refractivity contribution in [3.63, 3.8) is 0 Å². The van der Waals surface area contributed by atoms with E-state index in [4.69, 9.17) is 4.74 Å². The van der Waals surface area contributed by atoms with E-state index in [1.807, 2.05) is 43.3 Å². The third kappa shape index (κ3) is 4.23. The highest BCUT2D eigenvalue weighted by molar-refractivity contribution is 5.89. The van der Waals surface area contributed by atoms with E-state index in [1.54, 1.807) is 19.2 Å². The van der Waals surface area contributed by atoms with Gasteiger partial charge in [0.1, 0.15) is 5.75 Å². The molecule has 0 unspecified atom stereocenters. The summed E-state index contributed by atoms with van der Waals surface area (Å²) in [6.07, 6.45) is -0.834. The number of aliphatic hydroxyl groups excluding tert-OH is 1. The summed E-state index contributed by atoms with van der Waals surface area (Å²) in [5, 5.41) is 15.5. The molecule has 0 fully saturated rings. The Morgan fingerprint density at radius 2 is 2.00 bits per heavy atom. The number of rotatable bonds is 5. The van der Waals surface area contributed by atoms with E-state index in [-0.39, 0.29) is 12.6 Å². The zero-order valence-corrected chi connectivity index (χ0v) is 12.7. The average Bonchev–Trinajstić information content (AvgIpc) is 2.52. The molecule has 0 aliphatic carbocycles. The zero-order valence-electron chi connectivity index (χ0n) is 12.7. The first kappa shape index (κ1) is 15.9. The van der Waals surface area contributed by atoms with Gasteiger partial charge in [-0.1, -0.05) is 30.3 Å². The number of para-hydroxylation sites is 1. The number of ether oxygens (including phenoxy) is 1. The number of aryl methyl sites for hydroxylation is 1. The topological polar surface area (TPSA) is 70.6 Å². The first-order chi connectivity index (χ1) is 10.6. The number of carbonyl (C=O) groups excluding carboxylic acids is 1. The van der Waals surface area contributed by atoms with Crippen LogP contribution >= 0.6 is 0 Å². The number of hydrogen-bond donors (Lipinski definition) is 3. The van der Waals surface area contributed by atoms with Gasteiger partial charge >= 0.3 is 6.03 Å². The Balaban J connectivity index is 1.90. The van der Waals surface area contributed by atoms with Crippen molar-refractivity contribution in [2.24, 2.45) is 0 Å². The molecule has 0 aliphatic heterocycles. The minimum absolute atomic E-state index is 0.0953. The minimum atomic E-state index is -0.834. The highest BCUT2D eigenvalue weighted by Gasteiger charge is 2.13. The van der Waals surface area contributed by atoms with Gasteiger partial charge in [0.25, 0.3) is 0 Å². The lowest BCUT2D eigenvalue weighted by Crippen LogP contribution is -2.32. The fourth-order valence-corrected chi connectivity index (χ4v) is 2.14. The number of aliphatic hydroxyl groups is 1. The third-order valence-electron chi connectivity index (χ3n) is 3.23. The lowest BCUT2D eigenvalue weighted by Gasteiger charge is -2.15. The summed E-state index contributed by atoms with van der Waals surface area (Å²) in [5.74, 6) is 0.593. The predicted molar refractivity (Wildman–Crippen MR) is 86.2 cm³/mol. The Bertz CT molecular complexity index is 643. The molecule has 0 radical (unpaired) electrons. The summed E-state index contributed by atoms with van der Waals surface area (Å²) in [7, 11) is 1.55. The summed E-state index contributed by atoms with van der Waals surface area (Å²) in [5.41, 5.74) is 2.41. The van der Waals surface area contributed by atoms with Crippen LogP contribution in [-0.4, -0.2) is 24.8 Å². The maximum Gasteiger partial charge on any atom is 0.319 e. The molecule has 0 saturated carbocycles. The second-order valence-electron chi connectivity index (χ2n) is 4.96. The molecule has 0 bridgehead atoms. The van der Waals surface area contributed by atoms with Crippen LogP contribution in [0.5, 0.6) is 5.75 Å². The van der Waals surface area contributed by atoms with Gasteiger partial charge in [0.15, 0.2) is 0 Å². The molecule has 5 heteroatoms. The van der Waals surface area contributed by atoms with Crippen LogP contribution in [0.15, 0.2) is 48.5 Å². The van der Waals surface area contributed by atoms with Gasteiger partial charge in [-0.25, -0.2) is 4.79 Å². The van der Waals surface area contributed by atoms with Gasteiger partial charge in [-0.05, 0) is 30.7 Å². The molecule has 0 saturated heterocycles. The molecule has 2 rings (SSSR count). The maximum atomic E-state index is 11.8. The lowest BCUT2D eigenvalue weighted by atomic mass is 10.1. The number of carbonyl (C=O) groups is 1. The molecule has 0 spiro atoms. The van der Waals surface area contributed by atoms with E-state index in [0.29, 0.717) is 17.0 Å². The second-order valence-corrected chi connectivity index (χ2v) is 4.96. The molecule has 2 aromatic rings. The number of amides is 2. The fourth-order valence-electron chi connectivity index (χ4n) is 2.14. The van der Waals surface area contributed by atoms with Crippen LogP contribution in [0.4, 0.5) is 10.5 Å². The molecule has 2 amide bonds. The third-order valence-corrected chi connectivity index (χ3v) is 3.23. The number of urea groups is 1. The van der Waals surface area contributed by atoms with Gasteiger partial charge in [0.2, 0.25) is 0 Å². The van der Waals surface area contributed by atoms with Gasteiger partial charge in [-0.3, -0.25) is 0 Å². The quantitative estimate of drug-likeness (QED) is 0.795. The number of anilines is 1.